The van der Waals surface area contributed by atoms with Crippen molar-refractivity contribution >= 4 is 11.9 Å². The van der Waals surface area contributed by atoms with E-state index in [9.17, 15) is 9.59 Å². The molecule has 0 aliphatic rings. The smallest absolute Gasteiger partial charge is 0.306 e. The van der Waals surface area contributed by atoms with Crippen LogP contribution in [0.25, 0.3) is 0 Å². The number of esters is 2. The first-order valence-electron chi connectivity index (χ1n) is 27.5. The first-order chi connectivity index (χ1) is 31.6. The predicted octanol–water partition coefficient (Wildman–Crippen LogP) is 18.7. The van der Waals surface area contributed by atoms with Crippen LogP contribution in [0.4, 0.5) is 0 Å². The Balaban J connectivity index is 4.31. The van der Waals surface area contributed by atoms with Gasteiger partial charge in [-0.15, -0.1) is 0 Å². The summed E-state index contributed by atoms with van der Waals surface area (Å²) in [4.78, 5) is 25.4. The van der Waals surface area contributed by atoms with Gasteiger partial charge in [-0.25, -0.2) is 0 Å². The van der Waals surface area contributed by atoms with Crippen molar-refractivity contribution in [2.75, 3.05) is 19.8 Å². The normalized spacial score (nSPS) is 12.7. The second-order valence-electron chi connectivity index (χ2n) is 18.1. The minimum absolute atomic E-state index is 0.0652. The molecule has 0 radical (unpaired) electrons. The molecule has 0 saturated heterocycles. The van der Waals surface area contributed by atoms with E-state index < -0.39 is 6.10 Å². The van der Waals surface area contributed by atoms with Crippen molar-refractivity contribution < 1.29 is 23.8 Å². The van der Waals surface area contributed by atoms with Crippen LogP contribution in [0.1, 0.15) is 265 Å². The van der Waals surface area contributed by atoms with Gasteiger partial charge in [-0.2, -0.15) is 0 Å². The maximum absolute atomic E-state index is 12.8. The SMILES string of the molecule is CC/C=C\C/C=C\C/C=C\C/C=C\C/C=C\CCCCCC(=O)OCC(COCCCCCCCCCCCCCCCCCC)OC(=O)CCCCCCC/C=C\CCCCCC. The molecule has 0 aromatic rings. The summed E-state index contributed by atoms with van der Waals surface area (Å²) in [6, 6.07) is 0. The van der Waals surface area contributed by atoms with E-state index in [1.165, 1.54) is 135 Å². The van der Waals surface area contributed by atoms with Crippen LogP contribution in [0.3, 0.4) is 0 Å². The molecule has 370 valence electrons. The summed E-state index contributed by atoms with van der Waals surface area (Å²) in [6.07, 6.45) is 70.6. The molecule has 5 nitrogen and oxygen atoms in total. The van der Waals surface area contributed by atoms with Crippen molar-refractivity contribution in [2.24, 2.45) is 0 Å². The Hall–Kier alpha value is -2.66. The lowest BCUT2D eigenvalue weighted by Crippen LogP contribution is -2.30. The summed E-state index contributed by atoms with van der Waals surface area (Å²) in [6.45, 7) is 7.69. The fourth-order valence-electron chi connectivity index (χ4n) is 7.65. The fourth-order valence-corrected chi connectivity index (χ4v) is 7.65. The Morgan fingerprint density at radius 3 is 1.17 bits per heavy atom. The third-order valence-electron chi connectivity index (χ3n) is 11.7. The van der Waals surface area contributed by atoms with Crippen molar-refractivity contribution in [2.45, 2.75) is 271 Å². The topological polar surface area (TPSA) is 61.8 Å². The number of carbonyl (C=O) groups excluding carboxylic acids is 2. The molecule has 1 atom stereocenters. The summed E-state index contributed by atoms with van der Waals surface area (Å²) < 4.78 is 17.4. The van der Waals surface area contributed by atoms with E-state index in [1.807, 2.05) is 0 Å². The van der Waals surface area contributed by atoms with Gasteiger partial charge in [-0.05, 0) is 89.9 Å². The van der Waals surface area contributed by atoms with Gasteiger partial charge in [-0.3, -0.25) is 9.59 Å². The average Bonchev–Trinajstić information content (AvgIpc) is 3.30. The number of ether oxygens (including phenoxy) is 3. The van der Waals surface area contributed by atoms with E-state index in [1.54, 1.807) is 0 Å². The van der Waals surface area contributed by atoms with E-state index in [0.29, 0.717) is 19.4 Å². The minimum atomic E-state index is -0.554. The molecule has 1 unspecified atom stereocenters. The lowest BCUT2D eigenvalue weighted by Gasteiger charge is -2.18. The number of carbonyl (C=O) groups is 2. The zero-order valence-electron chi connectivity index (χ0n) is 42.5. The summed E-state index contributed by atoms with van der Waals surface area (Å²) in [5.41, 5.74) is 0. The molecule has 64 heavy (non-hydrogen) atoms. The summed E-state index contributed by atoms with van der Waals surface area (Å²) >= 11 is 0. The molecule has 0 saturated carbocycles. The molecule has 0 spiro atoms. The molecule has 0 aliphatic heterocycles. The van der Waals surface area contributed by atoms with Gasteiger partial charge in [0.1, 0.15) is 6.61 Å². The summed E-state index contributed by atoms with van der Waals surface area (Å²) in [5.74, 6) is -0.437. The van der Waals surface area contributed by atoms with Gasteiger partial charge in [-0.1, -0.05) is 235 Å². The Labute approximate surface area is 397 Å². The number of hydrogen-bond donors (Lipinski definition) is 0. The zero-order chi connectivity index (χ0) is 46.3. The van der Waals surface area contributed by atoms with Gasteiger partial charge < -0.3 is 14.2 Å². The van der Waals surface area contributed by atoms with Gasteiger partial charge in [0.15, 0.2) is 6.10 Å². The van der Waals surface area contributed by atoms with Crippen LogP contribution in [0.15, 0.2) is 72.9 Å². The van der Waals surface area contributed by atoms with Crippen LogP contribution < -0.4 is 0 Å². The second kappa shape index (κ2) is 54.7. The first-order valence-corrected chi connectivity index (χ1v) is 27.5. The lowest BCUT2D eigenvalue weighted by atomic mass is 10.0. The largest absolute Gasteiger partial charge is 0.462 e. The van der Waals surface area contributed by atoms with Gasteiger partial charge in [0, 0.05) is 19.4 Å². The Morgan fingerprint density at radius 1 is 0.359 bits per heavy atom. The highest BCUT2D eigenvalue weighted by Crippen LogP contribution is 2.15. The van der Waals surface area contributed by atoms with Crippen molar-refractivity contribution in [3.8, 4) is 0 Å². The summed E-state index contributed by atoms with van der Waals surface area (Å²) in [5, 5.41) is 0. The van der Waals surface area contributed by atoms with Gasteiger partial charge in [0.2, 0.25) is 0 Å². The highest BCUT2D eigenvalue weighted by Gasteiger charge is 2.17. The van der Waals surface area contributed by atoms with Gasteiger partial charge in [0.05, 0.1) is 6.61 Å². The minimum Gasteiger partial charge on any atom is -0.462 e. The van der Waals surface area contributed by atoms with Gasteiger partial charge >= 0.3 is 11.9 Å². The molecular weight excluding hydrogens is 789 g/mol. The molecule has 0 aromatic carbocycles. The van der Waals surface area contributed by atoms with Gasteiger partial charge in [0.25, 0.3) is 0 Å². The Bertz CT molecular complexity index is 1150. The molecule has 0 amide bonds. The number of unbranched alkanes of at least 4 members (excludes halogenated alkanes) is 27. The molecule has 0 N–H and O–H groups in total. The third-order valence-corrected chi connectivity index (χ3v) is 11.7. The molecule has 0 fully saturated rings. The molecule has 0 rings (SSSR count). The molecule has 0 bridgehead atoms. The molecular formula is C59H104O5. The predicted molar refractivity (Wildman–Crippen MR) is 279 cm³/mol. The monoisotopic (exact) mass is 893 g/mol. The molecule has 0 aromatic heterocycles. The average molecular weight is 893 g/mol. The van der Waals surface area contributed by atoms with Crippen LogP contribution in [0.5, 0.6) is 0 Å². The van der Waals surface area contributed by atoms with Crippen molar-refractivity contribution in [1.82, 2.24) is 0 Å². The van der Waals surface area contributed by atoms with E-state index in [-0.39, 0.29) is 25.2 Å². The highest BCUT2D eigenvalue weighted by atomic mass is 16.6. The highest BCUT2D eigenvalue weighted by molar-refractivity contribution is 5.70. The maximum atomic E-state index is 12.8. The number of hydrogen-bond acceptors (Lipinski definition) is 5. The number of rotatable bonds is 50. The Morgan fingerprint density at radius 2 is 0.703 bits per heavy atom. The molecule has 5 heteroatoms. The molecule has 0 aliphatic carbocycles. The number of allylic oxidation sites excluding steroid dienone is 12. The van der Waals surface area contributed by atoms with Crippen LogP contribution in [0.2, 0.25) is 0 Å². The van der Waals surface area contributed by atoms with Crippen LogP contribution >= 0.6 is 0 Å². The molecule has 0 heterocycles. The first kappa shape index (κ1) is 61.3. The summed E-state index contributed by atoms with van der Waals surface area (Å²) in [7, 11) is 0. The Kier molecular flexibility index (Phi) is 52.4. The van der Waals surface area contributed by atoms with Crippen molar-refractivity contribution in [3.05, 3.63) is 72.9 Å². The fraction of sp³-hybridized carbons (Fsp3) is 0.763. The zero-order valence-corrected chi connectivity index (χ0v) is 42.5. The van der Waals surface area contributed by atoms with E-state index in [4.69, 9.17) is 14.2 Å². The van der Waals surface area contributed by atoms with Crippen LogP contribution in [0, 0.1) is 0 Å². The second-order valence-corrected chi connectivity index (χ2v) is 18.1. The standard InChI is InChI=1S/C59H104O5/c1-4-7-10-13-16-19-22-25-27-29-30-31-32-35-37-40-43-46-49-52-58(60)63-56-57(64-59(61)53-50-47-44-41-38-34-24-21-18-15-12-9-6-3)55-62-54-51-48-45-42-39-36-33-28-26-23-20-17-14-11-8-5-2/h7,10,16,19,21,24-25,27,30-31,35,37,57H,4-6,8-9,11-15,17-18,20,22-23,26,28-29,32-34,36,38-56H2,1-3H3/b10-7-,19-16-,24-21-,27-25-,31-30-,37-35-. The van der Waals surface area contributed by atoms with E-state index >= 15 is 0 Å². The van der Waals surface area contributed by atoms with Crippen molar-refractivity contribution in [1.29, 1.82) is 0 Å². The third kappa shape index (κ3) is 52.0. The quantitative estimate of drug-likeness (QED) is 0.0346. The van der Waals surface area contributed by atoms with Crippen LogP contribution in [-0.4, -0.2) is 37.9 Å². The van der Waals surface area contributed by atoms with E-state index in [0.717, 1.165) is 96.3 Å². The van der Waals surface area contributed by atoms with Crippen LogP contribution in [-0.2, 0) is 23.8 Å². The maximum Gasteiger partial charge on any atom is 0.306 e. The lowest BCUT2D eigenvalue weighted by molar-refractivity contribution is -0.163. The van der Waals surface area contributed by atoms with Crippen molar-refractivity contribution in [3.63, 3.8) is 0 Å². The van der Waals surface area contributed by atoms with E-state index in [2.05, 4.69) is 93.7 Å².